The number of benzene rings is 1. The normalized spacial score (nSPS) is 18.0. The van der Waals surface area contributed by atoms with Gasteiger partial charge in [0, 0.05) is 43.4 Å². The first kappa shape index (κ1) is 16.7. The maximum Gasteiger partial charge on any atom is 0.0801 e. The van der Waals surface area contributed by atoms with Gasteiger partial charge >= 0.3 is 0 Å². The number of halogens is 1. The largest absolute Gasteiger partial charge is 0.383 e. The van der Waals surface area contributed by atoms with E-state index in [1.807, 2.05) is 0 Å². The van der Waals surface area contributed by atoms with Crippen LogP contribution in [0.15, 0.2) is 22.7 Å². The molecule has 118 valence electrons. The van der Waals surface area contributed by atoms with Crippen LogP contribution in [0.3, 0.4) is 0 Å². The maximum atomic E-state index is 5.81. The number of rotatable bonds is 6. The van der Waals surface area contributed by atoms with Crippen molar-refractivity contribution >= 4 is 21.6 Å². The molecule has 1 heterocycles. The van der Waals surface area contributed by atoms with Crippen LogP contribution in [-0.2, 0) is 16.0 Å². The van der Waals surface area contributed by atoms with Gasteiger partial charge in [0.1, 0.15) is 0 Å². The van der Waals surface area contributed by atoms with Crippen molar-refractivity contribution in [2.75, 3.05) is 44.9 Å². The second kappa shape index (κ2) is 7.58. The SMILES string of the molecule is COCCNCc1ccc(Br)cc1N1CCOC(C)(C)C1. The maximum absolute atomic E-state index is 5.81. The van der Waals surface area contributed by atoms with Gasteiger partial charge in [0.25, 0.3) is 0 Å². The summed E-state index contributed by atoms with van der Waals surface area (Å²) in [6.07, 6.45) is 0. The first-order valence-corrected chi connectivity index (χ1v) is 8.18. The molecule has 21 heavy (non-hydrogen) atoms. The van der Waals surface area contributed by atoms with Gasteiger partial charge in [-0.25, -0.2) is 0 Å². The minimum atomic E-state index is -0.0959. The Morgan fingerprint density at radius 3 is 2.95 bits per heavy atom. The smallest absolute Gasteiger partial charge is 0.0801 e. The predicted octanol–water partition coefficient (Wildman–Crippen LogP) is 2.80. The van der Waals surface area contributed by atoms with Crippen LogP contribution in [0.25, 0.3) is 0 Å². The molecule has 4 nitrogen and oxygen atoms in total. The number of anilines is 1. The quantitative estimate of drug-likeness (QED) is 0.794. The van der Waals surface area contributed by atoms with E-state index in [0.717, 1.165) is 43.9 Å². The molecule has 1 aliphatic rings. The Hall–Kier alpha value is -0.620. The average molecular weight is 357 g/mol. The summed E-state index contributed by atoms with van der Waals surface area (Å²) in [5.74, 6) is 0. The second-order valence-electron chi connectivity index (χ2n) is 5.97. The third-order valence-electron chi connectivity index (χ3n) is 3.61. The second-order valence-corrected chi connectivity index (χ2v) is 6.89. The fraction of sp³-hybridized carbons (Fsp3) is 0.625. The van der Waals surface area contributed by atoms with Gasteiger partial charge in [0.2, 0.25) is 0 Å². The van der Waals surface area contributed by atoms with E-state index in [1.165, 1.54) is 11.3 Å². The average Bonchev–Trinajstić information content (AvgIpc) is 2.44. The number of hydrogen-bond acceptors (Lipinski definition) is 4. The van der Waals surface area contributed by atoms with Gasteiger partial charge in [-0.3, -0.25) is 0 Å². The number of ether oxygens (including phenoxy) is 2. The van der Waals surface area contributed by atoms with Crippen LogP contribution in [0.4, 0.5) is 5.69 Å². The van der Waals surface area contributed by atoms with E-state index in [4.69, 9.17) is 9.47 Å². The molecule has 0 unspecified atom stereocenters. The fourth-order valence-corrected chi connectivity index (χ4v) is 2.95. The topological polar surface area (TPSA) is 33.7 Å². The van der Waals surface area contributed by atoms with Crippen molar-refractivity contribution in [3.05, 3.63) is 28.2 Å². The van der Waals surface area contributed by atoms with Gasteiger partial charge in [0.15, 0.2) is 0 Å². The van der Waals surface area contributed by atoms with Crippen LogP contribution in [0, 0.1) is 0 Å². The third kappa shape index (κ3) is 4.95. The molecule has 0 aromatic heterocycles. The van der Waals surface area contributed by atoms with E-state index in [1.54, 1.807) is 7.11 Å². The molecule has 1 saturated heterocycles. The molecule has 5 heteroatoms. The van der Waals surface area contributed by atoms with Crippen LogP contribution in [-0.4, -0.2) is 45.6 Å². The lowest BCUT2D eigenvalue weighted by atomic mass is 10.0. The zero-order chi connectivity index (χ0) is 15.3. The highest BCUT2D eigenvalue weighted by atomic mass is 79.9. The Labute approximate surface area is 135 Å². The van der Waals surface area contributed by atoms with Gasteiger partial charge in [-0.1, -0.05) is 22.0 Å². The summed E-state index contributed by atoms with van der Waals surface area (Å²) >= 11 is 3.59. The third-order valence-corrected chi connectivity index (χ3v) is 4.11. The van der Waals surface area contributed by atoms with Gasteiger partial charge in [-0.15, -0.1) is 0 Å². The lowest BCUT2D eigenvalue weighted by Gasteiger charge is -2.40. The molecule has 0 saturated carbocycles. The molecule has 0 spiro atoms. The Morgan fingerprint density at radius 1 is 1.43 bits per heavy atom. The van der Waals surface area contributed by atoms with Crippen molar-refractivity contribution in [2.24, 2.45) is 0 Å². The summed E-state index contributed by atoms with van der Waals surface area (Å²) in [7, 11) is 1.72. The Kier molecular flexibility index (Phi) is 6.05. The van der Waals surface area contributed by atoms with E-state index in [0.29, 0.717) is 0 Å². The van der Waals surface area contributed by atoms with Gasteiger partial charge in [-0.2, -0.15) is 0 Å². The van der Waals surface area contributed by atoms with Crippen molar-refractivity contribution in [1.29, 1.82) is 0 Å². The summed E-state index contributed by atoms with van der Waals surface area (Å²) in [4.78, 5) is 2.42. The standard InChI is InChI=1S/C16H25BrN2O2/c1-16(2)12-19(7-9-21-16)15-10-14(17)5-4-13(15)11-18-6-8-20-3/h4-5,10,18H,6-9,11-12H2,1-3H3. The molecular weight excluding hydrogens is 332 g/mol. The number of morpholine rings is 1. The fourth-order valence-electron chi connectivity index (χ4n) is 2.60. The molecule has 2 rings (SSSR count). The molecule has 0 bridgehead atoms. The highest BCUT2D eigenvalue weighted by molar-refractivity contribution is 9.10. The number of methoxy groups -OCH3 is 1. The number of nitrogens with zero attached hydrogens (tertiary/aromatic N) is 1. The van der Waals surface area contributed by atoms with Crippen molar-refractivity contribution in [3.63, 3.8) is 0 Å². The van der Waals surface area contributed by atoms with Crippen LogP contribution >= 0.6 is 15.9 Å². The number of hydrogen-bond donors (Lipinski definition) is 1. The van der Waals surface area contributed by atoms with E-state index in [2.05, 4.69) is 58.2 Å². The molecular formula is C16H25BrN2O2. The summed E-state index contributed by atoms with van der Waals surface area (Å²) in [5.41, 5.74) is 2.50. The summed E-state index contributed by atoms with van der Waals surface area (Å²) in [6, 6.07) is 6.48. The molecule has 0 amide bonds. The lowest BCUT2D eigenvalue weighted by Crippen LogP contribution is -2.48. The Morgan fingerprint density at radius 2 is 2.24 bits per heavy atom. The summed E-state index contributed by atoms with van der Waals surface area (Å²) in [5, 5.41) is 3.42. The van der Waals surface area contributed by atoms with E-state index in [9.17, 15) is 0 Å². The molecule has 1 fully saturated rings. The van der Waals surface area contributed by atoms with E-state index in [-0.39, 0.29) is 5.60 Å². The minimum absolute atomic E-state index is 0.0959. The molecule has 1 aromatic carbocycles. The first-order chi connectivity index (χ1) is 10.0. The van der Waals surface area contributed by atoms with Gasteiger partial charge in [0.05, 0.1) is 18.8 Å². The molecule has 0 atom stereocenters. The van der Waals surface area contributed by atoms with Crippen LogP contribution in [0.5, 0.6) is 0 Å². The summed E-state index contributed by atoms with van der Waals surface area (Å²) in [6.45, 7) is 9.36. The van der Waals surface area contributed by atoms with Gasteiger partial charge in [-0.05, 0) is 31.5 Å². The monoisotopic (exact) mass is 356 g/mol. The minimum Gasteiger partial charge on any atom is -0.383 e. The zero-order valence-electron chi connectivity index (χ0n) is 13.1. The Bertz CT molecular complexity index is 466. The van der Waals surface area contributed by atoms with Gasteiger partial charge < -0.3 is 19.7 Å². The van der Waals surface area contributed by atoms with Crippen LogP contribution in [0.2, 0.25) is 0 Å². The molecule has 1 aromatic rings. The van der Waals surface area contributed by atoms with Crippen molar-refractivity contribution < 1.29 is 9.47 Å². The van der Waals surface area contributed by atoms with Crippen molar-refractivity contribution in [2.45, 2.75) is 26.0 Å². The lowest BCUT2D eigenvalue weighted by molar-refractivity contribution is -0.0277. The van der Waals surface area contributed by atoms with Crippen LogP contribution in [0.1, 0.15) is 19.4 Å². The molecule has 0 aliphatic carbocycles. The number of nitrogens with one attached hydrogen (secondary N) is 1. The molecule has 0 radical (unpaired) electrons. The predicted molar refractivity (Wildman–Crippen MR) is 90.0 cm³/mol. The van der Waals surface area contributed by atoms with E-state index >= 15 is 0 Å². The van der Waals surface area contributed by atoms with Crippen molar-refractivity contribution in [1.82, 2.24) is 5.32 Å². The molecule has 1 N–H and O–H groups in total. The van der Waals surface area contributed by atoms with Crippen LogP contribution < -0.4 is 10.2 Å². The highest BCUT2D eigenvalue weighted by Crippen LogP contribution is 2.29. The summed E-state index contributed by atoms with van der Waals surface area (Å²) < 4.78 is 12.0. The Balaban J connectivity index is 2.11. The van der Waals surface area contributed by atoms with E-state index < -0.39 is 0 Å². The highest BCUT2D eigenvalue weighted by Gasteiger charge is 2.28. The molecule has 1 aliphatic heterocycles. The first-order valence-electron chi connectivity index (χ1n) is 7.39. The van der Waals surface area contributed by atoms with Crippen molar-refractivity contribution in [3.8, 4) is 0 Å². The zero-order valence-corrected chi connectivity index (χ0v) is 14.7.